The van der Waals surface area contributed by atoms with E-state index < -0.39 is 17.3 Å². The van der Waals surface area contributed by atoms with Crippen LogP contribution in [0.3, 0.4) is 0 Å². The summed E-state index contributed by atoms with van der Waals surface area (Å²) in [6.45, 7) is 5.01. The SMILES string of the molecule is COc1ccc(C(=O)NCC(C)(O)c2cc(C)oc2C)c(F)c1. The molecule has 0 spiro atoms. The monoisotopic (exact) mass is 321 g/mol. The Morgan fingerprint density at radius 3 is 2.61 bits per heavy atom. The zero-order chi connectivity index (χ0) is 17.2. The van der Waals surface area contributed by atoms with Crippen LogP contribution in [0, 0.1) is 19.7 Å². The largest absolute Gasteiger partial charge is 0.497 e. The van der Waals surface area contributed by atoms with Gasteiger partial charge in [0.05, 0.1) is 19.2 Å². The molecular weight excluding hydrogens is 301 g/mol. The molecule has 0 aliphatic rings. The highest BCUT2D eigenvalue weighted by Crippen LogP contribution is 2.26. The molecule has 0 saturated heterocycles. The van der Waals surface area contributed by atoms with E-state index in [0.717, 1.165) is 6.07 Å². The Hall–Kier alpha value is -2.34. The van der Waals surface area contributed by atoms with Crippen LogP contribution in [-0.4, -0.2) is 24.7 Å². The number of amides is 1. The highest BCUT2D eigenvalue weighted by molar-refractivity contribution is 5.94. The number of aryl methyl sites for hydroxylation is 2. The first-order chi connectivity index (χ1) is 10.7. The molecule has 1 atom stereocenters. The van der Waals surface area contributed by atoms with Crippen molar-refractivity contribution in [2.45, 2.75) is 26.4 Å². The molecule has 0 fully saturated rings. The number of rotatable bonds is 5. The van der Waals surface area contributed by atoms with E-state index in [-0.39, 0.29) is 12.1 Å². The van der Waals surface area contributed by atoms with E-state index in [4.69, 9.17) is 9.15 Å². The van der Waals surface area contributed by atoms with Gasteiger partial charge in [0.1, 0.15) is 28.7 Å². The van der Waals surface area contributed by atoms with Gasteiger partial charge in [-0.1, -0.05) is 0 Å². The lowest BCUT2D eigenvalue weighted by atomic mass is 9.96. The summed E-state index contributed by atoms with van der Waals surface area (Å²) < 4.78 is 24.2. The van der Waals surface area contributed by atoms with Crippen LogP contribution in [0.4, 0.5) is 4.39 Å². The third-order valence-corrected chi connectivity index (χ3v) is 3.64. The number of hydrogen-bond donors (Lipinski definition) is 2. The van der Waals surface area contributed by atoms with E-state index in [1.165, 1.54) is 19.2 Å². The molecule has 6 heteroatoms. The zero-order valence-corrected chi connectivity index (χ0v) is 13.6. The summed E-state index contributed by atoms with van der Waals surface area (Å²) in [7, 11) is 1.42. The number of benzene rings is 1. The summed E-state index contributed by atoms with van der Waals surface area (Å²) >= 11 is 0. The molecule has 2 aromatic rings. The van der Waals surface area contributed by atoms with Crippen molar-refractivity contribution in [3.8, 4) is 5.75 Å². The van der Waals surface area contributed by atoms with Crippen molar-refractivity contribution in [1.82, 2.24) is 5.32 Å². The Morgan fingerprint density at radius 1 is 1.39 bits per heavy atom. The molecule has 1 heterocycles. The van der Waals surface area contributed by atoms with Gasteiger partial charge in [0.2, 0.25) is 0 Å². The van der Waals surface area contributed by atoms with Crippen LogP contribution in [0.1, 0.15) is 34.4 Å². The topological polar surface area (TPSA) is 71.7 Å². The first-order valence-corrected chi connectivity index (χ1v) is 7.16. The van der Waals surface area contributed by atoms with Crippen molar-refractivity contribution in [2.75, 3.05) is 13.7 Å². The van der Waals surface area contributed by atoms with Crippen LogP contribution >= 0.6 is 0 Å². The van der Waals surface area contributed by atoms with E-state index >= 15 is 0 Å². The van der Waals surface area contributed by atoms with Crippen LogP contribution in [-0.2, 0) is 5.60 Å². The van der Waals surface area contributed by atoms with Crippen molar-refractivity contribution < 1.29 is 23.4 Å². The Morgan fingerprint density at radius 2 is 2.09 bits per heavy atom. The number of nitrogens with one attached hydrogen (secondary N) is 1. The minimum atomic E-state index is -1.32. The second-order valence-electron chi connectivity index (χ2n) is 5.63. The highest BCUT2D eigenvalue weighted by atomic mass is 19.1. The molecule has 23 heavy (non-hydrogen) atoms. The predicted octanol–water partition coefficient (Wildman–Crippen LogP) is 2.68. The number of halogens is 1. The number of carbonyl (C=O) groups is 1. The normalized spacial score (nSPS) is 13.5. The van der Waals surface area contributed by atoms with E-state index in [0.29, 0.717) is 22.8 Å². The third-order valence-electron chi connectivity index (χ3n) is 3.64. The van der Waals surface area contributed by atoms with Gasteiger partial charge in [-0.15, -0.1) is 0 Å². The quantitative estimate of drug-likeness (QED) is 0.888. The van der Waals surface area contributed by atoms with Gasteiger partial charge in [-0.2, -0.15) is 0 Å². The molecule has 0 saturated carbocycles. The van der Waals surface area contributed by atoms with Crippen LogP contribution in [0.2, 0.25) is 0 Å². The lowest BCUT2D eigenvalue weighted by Gasteiger charge is -2.23. The summed E-state index contributed by atoms with van der Waals surface area (Å²) in [6.07, 6.45) is 0. The average molecular weight is 321 g/mol. The Balaban J connectivity index is 2.10. The van der Waals surface area contributed by atoms with E-state index in [9.17, 15) is 14.3 Å². The number of aliphatic hydroxyl groups is 1. The van der Waals surface area contributed by atoms with Crippen molar-refractivity contribution >= 4 is 5.91 Å². The lowest BCUT2D eigenvalue weighted by Crippen LogP contribution is -2.39. The lowest BCUT2D eigenvalue weighted by molar-refractivity contribution is 0.0513. The van der Waals surface area contributed by atoms with Gasteiger partial charge in [0, 0.05) is 11.6 Å². The van der Waals surface area contributed by atoms with Gasteiger partial charge >= 0.3 is 0 Å². The molecule has 1 amide bonds. The second-order valence-corrected chi connectivity index (χ2v) is 5.63. The number of hydrogen-bond acceptors (Lipinski definition) is 4. The highest BCUT2D eigenvalue weighted by Gasteiger charge is 2.28. The number of ether oxygens (including phenoxy) is 1. The molecule has 2 rings (SSSR count). The molecule has 1 aromatic heterocycles. The predicted molar refractivity (Wildman–Crippen MR) is 83.0 cm³/mol. The summed E-state index contributed by atoms with van der Waals surface area (Å²) in [6, 6.07) is 5.69. The minimum Gasteiger partial charge on any atom is -0.497 e. The maximum atomic E-state index is 13.9. The van der Waals surface area contributed by atoms with Crippen LogP contribution in [0.5, 0.6) is 5.75 Å². The Kier molecular flexibility index (Phi) is 4.75. The number of furan rings is 1. The van der Waals surface area contributed by atoms with Gasteiger partial charge in [-0.3, -0.25) is 4.79 Å². The maximum Gasteiger partial charge on any atom is 0.254 e. The molecular formula is C17H20FNO4. The Labute approximate surface area is 134 Å². The smallest absolute Gasteiger partial charge is 0.254 e. The van der Waals surface area contributed by atoms with E-state index in [1.807, 2.05) is 0 Å². The van der Waals surface area contributed by atoms with Crippen molar-refractivity contribution in [3.63, 3.8) is 0 Å². The Bertz CT molecular complexity index is 721. The summed E-state index contributed by atoms with van der Waals surface area (Å²) in [5.74, 6) is 0.290. The van der Waals surface area contributed by atoms with Crippen LogP contribution in [0.15, 0.2) is 28.7 Å². The number of carbonyl (C=O) groups excluding carboxylic acids is 1. The fourth-order valence-electron chi connectivity index (χ4n) is 2.42. The molecule has 1 unspecified atom stereocenters. The standard InChI is InChI=1S/C17H20FNO4/c1-10-7-14(11(2)23-10)17(3,21)9-19-16(20)13-6-5-12(22-4)8-15(13)18/h5-8,21H,9H2,1-4H3,(H,19,20). The van der Waals surface area contributed by atoms with Gasteiger partial charge in [-0.25, -0.2) is 4.39 Å². The van der Waals surface area contributed by atoms with Crippen molar-refractivity contribution in [1.29, 1.82) is 0 Å². The summed E-state index contributed by atoms with van der Waals surface area (Å²) in [4.78, 5) is 12.1. The number of methoxy groups -OCH3 is 1. The minimum absolute atomic E-state index is 0.0723. The fourth-order valence-corrected chi connectivity index (χ4v) is 2.42. The van der Waals surface area contributed by atoms with Crippen molar-refractivity contribution in [3.05, 3.63) is 52.7 Å². The zero-order valence-electron chi connectivity index (χ0n) is 13.6. The molecule has 0 radical (unpaired) electrons. The van der Waals surface area contributed by atoms with Gasteiger partial charge in [0.25, 0.3) is 5.91 Å². The fraction of sp³-hybridized carbons (Fsp3) is 0.353. The molecule has 2 N–H and O–H groups in total. The molecule has 0 bridgehead atoms. The van der Waals surface area contributed by atoms with E-state index in [2.05, 4.69) is 5.32 Å². The van der Waals surface area contributed by atoms with Crippen LogP contribution in [0.25, 0.3) is 0 Å². The second kappa shape index (κ2) is 6.42. The first kappa shape index (κ1) is 17.0. The molecule has 0 aliphatic carbocycles. The maximum absolute atomic E-state index is 13.9. The van der Waals surface area contributed by atoms with Crippen molar-refractivity contribution in [2.24, 2.45) is 0 Å². The molecule has 1 aromatic carbocycles. The average Bonchev–Trinajstić information content (AvgIpc) is 2.84. The summed E-state index contributed by atoms with van der Waals surface area (Å²) in [5.41, 5.74) is -0.840. The molecule has 5 nitrogen and oxygen atoms in total. The van der Waals surface area contributed by atoms with Gasteiger partial charge in [-0.05, 0) is 39.0 Å². The summed E-state index contributed by atoms with van der Waals surface area (Å²) in [5, 5.41) is 13.1. The molecule has 0 aliphatic heterocycles. The van der Waals surface area contributed by atoms with Gasteiger partial charge in [0.15, 0.2) is 0 Å². The van der Waals surface area contributed by atoms with E-state index in [1.54, 1.807) is 26.8 Å². The first-order valence-electron chi connectivity index (χ1n) is 7.16. The molecule has 124 valence electrons. The van der Waals surface area contributed by atoms with Gasteiger partial charge < -0.3 is 19.6 Å². The van der Waals surface area contributed by atoms with Crippen LogP contribution < -0.4 is 10.1 Å². The third kappa shape index (κ3) is 3.71.